The summed E-state index contributed by atoms with van der Waals surface area (Å²) in [7, 11) is 0. The number of aliphatic hydroxyl groups excluding tert-OH is 2. The van der Waals surface area contributed by atoms with Crippen molar-refractivity contribution in [3.8, 4) is 0 Å². The van der Waals surface area contributed by atoms with Crippen LogP contribution in [0.15, 0.2) is 27.8 Å². The number of nitrogens with zero attached hydrogens (tertiary/aromatic N) is 3. The average Bonchev–Trinajstić information content (AvgIpc) is 2.28. The maximum absolute atomic E-state index is 9.80. The Bertz CT molecular complexity index is 423. The molecule has 2 N–H and O–H groups in total. The number of hydrogen-bond acceptors (Lipinski definition) is 3. The molecule has 5 nitrogen and oxygen atoms in total. The molecule has 7 heteroatoms. The van der Waals surface area contributed by atoms with Crippen LogP contribution in [0.4, 0.5) is 0 Å². The van der Waals surface area contributed by atoms with Gasteiger partial charge in [-0.25, -0.2) is 0 Å². The molecule has 2 atom stereocenters. The van der Waals surface area contributed by atoms with Gasteiger partial charge in [0, 0.05) is 14.4 Å². The Morgan fingerprint density at radius 3 is 2.81 bits per heavy atom. The van der Waals surface area contributed by atoms with Crippen LogP contribution < -0.4 is 0 Å². The number of rotatable bonds is 4. The van der Waals surface area contributed by atoms with Crippen molar-refractivity contribution in [3.63, 3.8) is 0 Å². The Kier molecular flexibility index (Phi) is 5.05. The van der Waals surface area contributed by atoms with E-state index >= 15 is 0 Å². The van der Waals surface area contributed by atoms with Gasteiger partial charge in [0.2, 0.25) is 0 Å². The Morgan fingerprint density at radius 2 is 2.19 bits per heavy atom. The highest BCUT2D eigenvalue weighted by atomic mass is 79.9. The molecule has 0 spiro atoms. The third-order valence-electron chi connectivity index (χ3n) is 1.97. The summed E-state index contributed by atoms with van der Waals surface area (Å²) in [4.78, 5) is 2.51. The average molecular weight is 307 g/mol. The third-order valence-corrected chi connectivity index (χ3v) is 2.93. The van der Waals surface area contributed by atoms with Crippen molar-refractivity contribution in [3.05, 3.63) is 43.7 Å². The lowest BCUT2D eigenvalue weighted by Crippen LogP contribution is -2.21. The number of benzene rings is 1. The minimum absolute atomic E-state index is 0.198. The van der Waals surface area contributed by atoms with Gasteiger partial charge >= 0.3 is 0 Å². The summed E-state index contributed by atoms with van der Waals surface area (Å²) in [5.41, 5.74) is 8.55. The molecule has 1 rings (SSSR count). The summed E-state index contributed by atoms with van der Waals surface area (Å²) in [6.45, 7) is -0.198. The molecule has 0 saturated carbocycles. The maximum atomic E-state index is 9.80. The van der Waals surface area contributed by atoms with Gasteiger partial charge in [-0.15, -0.1) is 0 Å². The van der Waals surface area contributed by atoms with Crippen LogP contribution in [-0.2, 0) is 0 Å². The predicted octanol–water partition coefficient (Wildman–Crippen LogP) is 2.81. The zero-order chi connectivity index (χ0) is 12.1. The fourth-order valence-electron chi connectivity index (χ4n) is 1.17. The molecule has 86 valence electrons. The van der Waals surface area contributed by atoms with Gasteiger partial charge < -0.3 is 10.2 Å². The van der Waals surface area contributed by atoms with Crippen LogP contribution in [0.25, 0.3) is 10.4 Å². The largest absolute Gasteiger partial charge is 0.390 e. The lowest BCUT2D eigenvalue weighted by Gasteiger charge is -2.17. The highest BCUT2D eigenvalue weighted by Gasteiger charge is 2.20. The molecular formula is C9H9BrClN3O2. The molecule has 0 bridgehead atoms. The quantitative estimate of drug-likeness (QED) is 0.509. The number of hydrogen-bond donors (Lipinski definition) is 2. The van der Waals surface area contributed by atoms with Gasteiger partial charge in [0.05, 0.1) is 12.6 Å². The van der Waals surface area contributed by atoms with Crippen molar-refractivity contribution in [2.75, 3.05) is 6.54 Å². The van der Waals surface area contributed by atoms with Crippen molar-refractivity contribution in [2.45, 2.75) is 12.2 Å². The second-order valence-electron chi connectivity index (χ2n) is 3.09. The highest BCUT2D eigenvalue weighted by molar-refractivity contribution is 9.10. The minimum Gasteiger partial charge on any atom is -0.390 e. The van der Waals surface area contributed by atoms with E-state index in [1.807, 2.05) is 0 Å². The van der Waals surface area contributed by atoms with Gasteiger partial charge in [0.1, 0.15) is 6.10 Å². The smallest absolute Gasteiger partial charge is 0.106 e. The van der Waals surface area contributed by atoms with Gasteiger partial charge in [-0.1, -0.05) is 32.6 Å². The first-order valence-corrected chi connectivity index (χ1v) is 5.55. The SMILES string of the molecule is [N-]=[N+]=NCC(O)C(O)c1cc(Cl)ccc1Br. The van der Waals surface area contributed by atoms with Crippen molar-refractivity contribution in [1.29, 1.82) is 0 Å². The zero-order valence-electron chi connectivity index (χ0n) is 8.09. The lowest BCUT2D eigenvalue weighted by atomic mass is 10.0. The molecule has 0 heterocycles. The summed E-state index contributed by atoms with van der Waals surface area (Å²) in [5, 5.41) is 23.0. The third kappa shape index (κ3) is 3.37. The van der Waals surface area contributed by atoms with Gasteiger partial charge in [-0.05, 0) is 29.3 Å². The molecule has 0 saturated heterocycles. The van der Waals surface area contributed by atoms with E-state index in [1.54, 1.807) is 12.1 Å². The van der Waals surface area contributed by atoms with E-state index in [2.05, 4.69) is 26.0 Å². The monoisotopic (exact) mass is 305 g/mol. The molecule has 0 radical (unpaired) electrons. The van der Waals surface area contributed by atoms with E-state index in [-0.39, 0.29) is 6.54 Å². The van der Waals surface area contributed by atoms with Crippen LogP contribution >= 0.6 is 27.5 Å². The van der Waals surface area contributed by atoms with Crippen LogP contribution in [-0.4, -0.2) is 22.9 Å². The summed E-state index contributed by atoms with van der Waals surface area (Å²) < 4.78 is 0.629. The van der Waals surface area contributed by atoms with Crippen LogP contribution in [0.2, 0.25) is 5.02 Å². The Hall–Kier alpha value is -0.780. The first-order chi connectivity index (χ1) is 7.56. The molecular weight excluding hydrogens is 297 g/mol. The predicted molar refractivity (Wildman–Crippen MR) is 64.1 cm³/mol. The molecule has 0 fully saturated rings. The van der Waals surface area contributed by atoms with Crippen LogP contribution in [0.3, 0.4) is 0 Å². The summed E-state index contributed by atoms with van der Waals surface area (Å²) in [6, 6.07) is 4.86. The normalized spacial score (nSPS) is 14.0. The van der Waals surface area contributed by atoms with Crippen molar-refractivity contribution < 1.29 is 10.2 Å². The molecule has 0 aliphatic rings. The Labute approximate surface area is 105 Å². The van der Waals surface area contributed by atoms with E-state index in [0.717, 1.165) is 0 Å². The molecule has 2 unspecified atom stereocenters. The Morgan fingerprint density at radius 1 is 1.50 bits per heavy atom. The molecule has 0 amide bonds. The van der Waals surface area contributed by atoms with Crippen LogP contribution in [0, 0.1) is 0 Å². The summed E-state index contributed by atoms with van der Waals surface area (Å²) in [5.74, 6) is 0. The second-order valence-corrected chi connectivity index (χ2v) is 4.38. The zero-order valence-corrected chi connectivity index (χ0v) is 10.4. The molecule has 1 aromatic carbocycles. The van der Waals surface area contributed by atoms with Gasteiger partial charge in [-0.3, -0.25) is 0 Å². The van der Waals surface area contributed by atoms with E-state index < -0.39 is 12.2 Å². The topological polar surface area (TPSA) is 89.2 Å². The van der Waals surface area contributed by atoms with Gasteiger partial charge in [-0.2, -0.15) is 0 Å². The van der Waals surface area contributed by atoms with E-state index in [9.17, 15) is 10.2 Å². The second kappa shape index (κ2) is 6.08. The maximum Gasteiger partial charge on any atom is 0.106 e. The fourth-order valence-corrected chi connectivity index (χ4v) is 1.83. The van der Waals surface area contributed by atoms with Crippen LogP contribution in [0.1, 0.15) is 11.7 Å². The number of aliphatic hydroxyl groups is 2. The van der Waals surface area contributed by atoms with E-state index in [1.165, 1.54) is 6.07 Å². The molecule has 1 aromatic rings. The first-order valence-electron chi connectivity index (χ1n) is 4.38. The number of azide groups is 1. The highest BCUT2D eigenvalue weighted by Crippen LogP contribution is 2.28. The van der Waals surface area contributed by atoms with Crippen LogP contribution in [0.5, 0.6) is 0 Å². The molecule has 16 heavy (non-hydrogen) atoms. The molecule has 0 aliphatic carbocycles. The van der Waals surface area contributed by atoms with Gasteiger partial charge in [0.25, 0.3) is 0 Å². The summed E-state index contributed by atoms with van der Waals surface area (Å²) >= 11 is 9.01. The fraction of sp³-hybridized carbons (Fsp3) is 0.333. The minimum atomic E-state index is -1.16. The van der Waals surface area contributed by atoms with Crippen molar-refractivity contribution in [2.24, 2.45) is 5.11 Å². The lowest BCUT2D eigenvalue weighted by molar-refractivity contribution is 0.0240. The number of halogens is 2. The van der Waals surface area contributed by atoms with Crippen molar-refractivity contribution >= 4 is 27.5 Å². The Balaban J connectivity index is 2.90. The molecule has 0 aromatic heterocycles. The summed E-state index contributed by atoms with van der Waals surface area (Å²) in [6.07, 6.45) is -2.32. The van der Waals surface area contributed by atoms with Crippen molar-refractivity contribution in [1.82, 2.24) is 0 Å². The van der Waals surface area contributed by atoms with Gasteiger partial charge in [0.15, 0.2) is 0 Å². The standard InChI is InChI=1S/C9H9BrClN3O2/c10-7-2-1-5(11)3-6(7)9(16)8(15)4-13-14-12/h1-3,8-9,15-16H,4H2. The molecule has 0 aliphatic heterocycles. The van der Waals surface area contributed by atoms with E-state index in [0.29, 0.717) is 15.1 Å². The first kappa shape index (κ1) is 13.3. The van der Waals surface area contributed by atoms with E-state index in [4.69, 9.17) is 17.1 Å².